The minimum atomic E-state index is -0.308. The first-order valence-corrected chi connectivity index (χ1v) is 9.84. The Hall–Kier alpha value is -1.34. The Bertz CT molecular complexity index is 481. The van der Waals surface area contributed by atoms with Crippen LogP contribution in [0.1, 0.15) is 45.4 Å². The molecule has 1 amide bonds. The van der Waals surface area contributed by atoms with Crippen molar-refractivity contribution in [1.29, 1.82) is 0 Å². The van der Waals surface area contributed by atoms with Crippen molar-refractivity contribution in [1.82, 2.24) is 15.5 Å². The molecule has 0 aromatic rings. The predicted molar refractivity (Wildman–Crippen MR) is 103 cm³/mol. The van der Waals surface area contributed by atoms with E-state index in [1.54, 1.807) is 12.0 Å². The van der Waals surface area contributed by atoms with E-state index in [2.05, 4.69) is 10.6 Å². The maximum Gasteiger partial charge on any atom is 0.230 e. The Labute approximate surface area is 157 Å². The van der Waals surface area contributed by atoms with Crippen LogP contribution in [0.5, 0.6) is 0 Å². The average Bonchev–Trinajstić information content (AvgIpc) is 3.14. The van der Waals surface area contributed by atoms with Gasteiger partial charge in [0.15, 0.2) is 5.96 Å². The van der Waals surface area contributed by atoms with E-state index in [1.165, 1.54) is 0 Å². The molecule has 7 heteroatoms. The zero-order valence-electron chi connectivity index (χ0n) is 16.9. The third-order valence-electron chi connectivity index (χ3n) is 5.72. The van der Waals surface area contributed by atoms with Gasteiger partial charge < -0.3 is 25.0 Å². The minimum Gasteiger partial charge on any atom is -0.381 e. The van der Waals surface area contributed by atoms with E-state index < -0.39 is 0 Å². The van der Waals surface area contributed by atoms with Crippen LogP contribution in [0.2, 0.25) is 0 Å². The van der Waals surface area contributed by atoms with Crippen LogP contribution in [0, 0.1) is 5.41 Å². The molecule has 0 radical (unpaired) electrons. The standard InChI is InChI=1S/C19H36N4O3/c1-5-20-17(22-15-19(25-4)10-12-26-13-11-19)21-14-18(8-6-7-9-18)16(24)23(2)3/h5-15H2,1-4H3,(H2,20,21,22). The van der Waals surface area contributed by atoms with Crippen LogP contribution < -0.4 is 10.6 Å². The minimum absolute atomic E-state index is 0.219. The third kappa shape index (κ3) is 5.10. The summed E-state index contributed by atoms with van der Waals surface area (Å²) in [6.07, 6.45) is 5.82. The van der Waals surface area contributed by atoms with E-state index in [-0.39, 0.29) is 16.9 Å². The van der Waals surface area contributed by atoms with Gasteiger partial charge in [-0.1, -0.05) is 12.8 Å². The molecule has 0 aromatic carbocycles. The van der Waals surface area contributed by atoms with Crippen molar-refractivity contribution < 1.29 is 14.3 Å². The molecule has 1 aliphatic heterocycles. The molecule has 150 valence electrons. The number of amides is 1. The molecule has 1 saturated carbocycles. The molecule has 26 heavy (non-hydrogen) atoms. The van der Waals surface area contributed by atoms with E-state index in [4.69, 9.17) is 14.5 Å². The van der Waals surface area contributed by atoms with Crippen LogP contribution in [-0.4, -0.2) is 76.4 Å². The molecule has 7 nitrogen and oxygen atoms in total. The number of carbonyl (C=O) groups is 1. The predicted octanol–water partition coefficient (Wildman–Crippen LogP) is 1.39. The van der Waals surface area contributed by atoms with Gasteiger partial charge in [0.1, 0.15) is 0 Å². The van der Waals surface area contributed by atoms with Gasteiger partial charge in [-0.05, 0) is 19.8 Å². The number of methoxy groups -OCH3 is 1. The Morgan fingerprint density at radius 3 is 2.35 bits per heavy atom. The van der Waals surface area contributed by atoms with E-state index in [9.17, 15) is 4.79 Å². The van der Waals surface area contributed by atoms with Crippen molar-refractivity contribution in [3.8, 4) is 0 Å². The topological polar surface area (TPSA) is 75.2 Å². The molecule has 0 atom stereocenters. The second-order valence-corrected chi connectivity index (χ2v) is 7.74. The first-order valence-electron chi connectivity index (χ1n) is 9.84. The molecule has 0 aromatic heterocycles. The maximum atomic E-state index is 12.7. The van der Waals surface area contributed by atoms with Gasteiger partial charge in [0.05, 0.1) is 17.6 Å². The van der Waals surface area contributed by atoms with Crippen LogP contribution in [0.25, 0.3) is 0 Å². The molecule has 1 saturated heterocycles. The highest BCUT2D eigenvalue weighted by atomic mass is 16.5. The lowest BCUT2D eigenvalue weighted by molar-refractivity contribution is -0.138. The molecule has 2 N–H and O–H groups in total. The number of ether oxygens (including phenoxy) is 2. The lowest BCUT2D eigenvalue weighted by Crippen LogP contribution is -2.50. The second kappa shape index (κ2) is 9.55. The summed E-state index contributed by atoms with van der Waals surface area (Å²) in [5.41, 5.74) is -0.553. The first-order chi connectivity index (χ1) is 12.5. The summed E-state index contributed by atoms with van der Waals surface area (Å²) in [6, 6.07) is 0. The summed E-state index contributed by atoms with van der Waals surface area (Å²) in [5.74, 6) is 0.976. The van der Waals surface area contributed by atoms with Crippen LogP contribution >= 0.6 is 0 Å². The van der Waals surface area contributed by atoms with Gasteiger partial charge in [-0.2, -0.15) is 0 Å². The van der Waals surface area contributed by atoms with E-state index in [1.807, 2.05) is 21.0 Å². The summed E-state index contributed by atoms with van der Waals surface area (Å²) in [7, 11) is 5.44. The number of hydrogen-bond donors (Lipinski definition) is 2. The first kappa shape index (κ1) is 21.0. The van der Waals surface area contributed by atoms with Gasteiger partial charge in [-0.15, -0.1) is 0 Å². The monoisotopic (exact) mass is 368 g/mol. The van der Waals surface area contributed by atoms with Crippen LogP contribution in [-0.2, 0) is 14.3 Å². The van der Waals surface area contributed by atoms with Gasteiger partial charge >= 0.3 is 0 Å². The molecule has 2 fully saturated rings. The number of nitrogens with one attached hydrogen (secondary N) is 2. The summed E-state index contributed by atoms with van der Waals surface area (Å²) < 4.78 is 11.2. The van der Waals surface area contributed by atoms with Crippen molar-refractivity contribution >= 4 is 11.9 Å². The van der Waals surface area contributed by atoms with Crippen molar-refractivity contribution in [2.75, 3.05) is 54.1 Å². The fourth-order valence-electron chi connectivity index (χ4n) is 3.98. The fourth-order valence-corrected chi connectivity index (χ4v) is 3.98. The highest BCUT2D eigenvalue weighted by Gasteiger charge is 2.42. The maximum absolute atomic E-state index is 12.7. The smallest absolute Gasteiger partial charge is 0.230 e. The number of rotatable bonds is 7. The van der Waals surface area contributed by atoms with Gasteiger partial charge in [-0.3, -0.25) is 9.79 Å². The van der Waals surface area contributed by atoms with Crippen LogP contribution in [0.4, 0.5) is 0 Å². The molecule has 2 aliphatic rings. The lowest BCUT2D eigenvalue weighted by Gasteiger charge is -2.35. The Balaban J connectivity index is 2.03. The Kier molecular flexibility index (Phi) is 7.70. The lowest BCUT2D eigenvalue weighted by atomic mass is 9.84. The summed E-state index contributed by atoms with van der Waals surface area (Å²) in [6.45, 7) is 5.48. The Morgan fingerprint density at radius 2 is 1.81 bits per heavy atom. The number of nitrogens with zero attached hydrogens (tertiary/aromatic N) is 2. The molecule has 1 heterocycles. The average molecular weight is 369 g/mol. The quantitative estimate of drug-likeness (QED) is 0.525. The molecule has 0 bridgehead atoms. The zero-order valence-corrected chi connectivity index (χ0v) is 16.9. The van der Waals surface area contributed by atoms with E-state index >= 15 is 0 Å². The number of hydrogen-bond acceptors (Lipinski definition) is 4. The van der Waals surface area contributed by atoms with E-state index in [0.29, 0.717) is 26.3 Å². The number of aliphatic imine (C=N–C) groups is 1. The van der Waals surface area contributed by atoms with Crippen molar-refractivity contribution in [3.05, 3.63) is 0 Å². The SMILES string of the molecule is CCNC(=NCC1(OC)CCOCC1)NCC1(C(=O)N(C)C)CCCC1. The molecule has 0 spiro atoms. The van der Waals surface area contributed by atoms with Gasteiger partial charge in [0.25, 0.3) is 0 Å². The summed E-state index contributed by atoms with van der Waals surface area (Å²) >= 11 is 0. The molecular formula is C19H36N4O3. The molecular weight excluding hydrogens is 332 g/mol. The molecule has 1 aliphatic carbocycles. The van der Waals surface area contributed by atoms with Gasteiger partial charge in [0.2, 0.25) is 5.91 Å². The summed E-state index contributed by atoms with van der Waals surface area (Å²) in [5, 5.41) is 6.72. The highest BCUT2D eigenvalue weighted by Crippen LogP contribution is 2.38. The molecule has 2 rings (SSSR count). The second-order valence-electron chi connectivity index (χ2n) is 7.74. The van der Waals surface area contributed by atoms with Gasteiger partial charge in [0, 0.05) is 60.4 Å². The van der Waals surface area contributed by atoms with Crippen molar-refractivity contribution in [2.24, 2.45) is 10.4 Å². The van der Waals surface area contributed by atoms with Crippen molar-refractivity contribution in [2.45, 2.75) is 51.0 Å². The van der Waals surface area contributed by atoms with Crippen LogP contribution in [0.3, 0.4) is 0 Å². The third-order valence-corrected chi connectivity index (χ3v) is 5.72. The van der Waals surface area contributed by atoms with Crippen LogP contribution in [0.15, 0.2) is 4.99 Å². The normalized spacial score (nSPS) is 22.1. The van der Waals surface area contributed by atoms with E-state index in [0.717, 1.165) is 51.0 Å². The van der Waals surface area contributed by atoms with Gasteiger partial charge in [-0.25, -0.2) is 0 Å². The Morgan fingerprint density at radius 1 is 1.15 bits per heavy atom. The number of guanidine groups is 1. The highest BCUT2D eigenvalue weighted by molar-refractivity contribution is 5.85. The van der Waals surface area contributed by atoms with Crippen molar-refractivity contribution in [3.63, 3.8) is 0 Å². The fraction of sp³-hybridized carbons (Fsp3) is 0.895. The summed E-state index contributed by atoms with van der Waals surface area (Å²) in [4.78, 5) is 19.2. The number of carbonyl (C=O) groups excluding carboxylic acids is 1. The zero-order chi connectivity index (χ0) is 19.0. The molecule has 0 unspecified atom stereocenters. The largest absolute Gasteiger partial charge is 0.381 e.